The Morgan fingerprint density at radius 2 is 1.79 bits per heavy atom. The highest BCUT2D eigenvalue weighted by atomic mass is 19.1. The Labute approximate surface area is 83.0 Å². The second-order valence-corrected chi connectivity index (χ2v) is 3.65. The van der Waals surface area contributed by atoms with E-state index < -0.39 is 0 Å². The number of nitrogens with zero attached hydrogens (tertiary/aromatic N) is 3. The second-order valence-electron chi connectivity index (χ2n) is 3.65. The predicted octanol–water partition coefficient (Wildman–Crippen LogP) is 1.81. The number of rotatable bonds is 1. The molecule has 0 saturated carbocycles. The molecule has 14 heavy (non-hydrogen) atoms. The molecule has 0 bridgehead atoms. The van der Waals surface area contributed by atoms with E-state index in [0.29, 0.717) is 5.95 Å². The average molecular weight is 194 g/mol. The summed E-state index contributed by atoms with van der Waals surface area (Å²) in [5.41, 5.74) is 0. The van der Waals surface area contributed by atoms with Gasteiger partial charge in [-0.05, 0) is 18.8 Å². The van der Waals surface area contributed by atoms with Gasteiger partial charge in [-0.2, -0.15) is 0 Å². The van der Waals surface area contributed by atoms with Crippen molar-refractivity contribution in [3.63, 3.8) is 0 Å². The van der Waals surface area contributed by atoms with Crippen molar-refractivity contribution in [3.8, 4) is 0 Å². The Bertz CT molecular complexity index is 291. The number of piperidine rings is 1. The van der Waals surface area contributed by atoms with Crippen LogP contribution >= 0.6 is 0 Å². The van der Waals surface area contributed by atoms with Crippen molar-refractivity contribution in [1.29, 1.82) is 0 Å². The number of aromatic nitrogens is 2. The van der Waals surface area contributed by atoms with Gasteiger partial charge in [-0.1, -0.05) is 6.92 Å². The molecule has 0 aromatic carbocycles. The summed E-state index contributed by atoms with van der Waals surface area (Å²) in [7, 11) is 0. The van der Waals surface area contributed by atoms with Gasteiger partial charge in [0.05, 0.1) is 12.4 Å². The van der Waals surface area contributed by atoms with Gasteiger partial charge in [0.15, 0.2) is 5.82 Å². The zero-order valence-corrected chi connectivity index (χ0v) is 8.20. The molecule has 75 valence electrons. The molecule has 1 saturated heterocycles. The molecule has 0 spiro atoms. The lowest BCUT2D eigenvalue weighted by molar-refractivity contribution is 0.588. The summed E-state index contributed by atoms with van der Waals surface area (Å²) in [6.45, 7) is 4.05. The third-order valence-electron chi connectivity index (χ3n) is 2.51. The van der Waals surface area contributed by atoms with Gasteiger partial charge >= 0.3 is 0 Å². The minimum absolute atomic E-state index is 0.381. The van der Waals surface area contributed by atoms with E-state index >= 15 is 0 Å². The summed E-state index contributed by atoms with van der Waals surface area (Å²) >= 11 is 0. The van der Waals surface area contributed by atoms with Crippen molar-refractivity contribution in [2.24, 2.45) is 0 Å². The van der Waals surface area contributed by atoms with Gasteiger partial charge in [-0.3, -0.25) is 0 Å². The minimum atomic E-state index is -0.381. The monoisotopic (exact) mass is 194 g/mol. The highest BCUT2D eigenvalue weighted by Gasteiger charge is 2.17. The van der Waals surface area contributed by atoms with Gasteiger partial charge in [-0.15, -0.1) is 0 Å². The zero-order valence-electron chi connectivity index (χ0n) is 8.20. The van der Waals surface area contributed by atoms with Crippen LogP contribution in [0.3, 0.4) is 0 Å². The van der Waals surface area contributed by atoms with Gasteiger partial charge in [0.1, 0.15) is 0 Å². The van der Waals surface area contributed by atoms with Crippen molar-refractivity contribution >= 4 is 5.95 Å². The molecule has 3 nitrogen and oxygen atoms in total. The van der Waals surface area contributed by atoms with Crippen LogP contribution in [-0.2, 0) is 0 Å². The predicted molar refractivity (Wildman–Crippen MR) is 52.4 cm³/mol. The molecular formula is C10H13FN3. The molecule has 1 fully saturated rings. The Morgan fingerprint density at radius 3 is 2.36 bits per heavy atom. The van der Waals surface area contributed by atoms with Crippen molar-refractivity contribution in [3.05, 3.63) is 24.1 Å². The molecule has 4 heteroatoms. The first-order chi connectivity index (χ1) is 6.75. The summed E-state index contributed by atoms with van der Waals surface area (Å²) < 4.78 is 12.6. The summed E-state index contributed by atoms with van der Waals surface area (Å²) in [5, 5.41) is 0. The summed E-state index contributed by atoms with van der Waals surface area (Å²) in [6.07, 6.45) is 4.60. The molecule has 1 radical (unpaired) electrons. The van der Waals surface area contributed by atoms with E-state index in [1.807, 2.05) is 0 Å². The van der Waals surface area contributed by atoms with Crippen molar-refractivity contribution in [2.75, 3.05) is 18.0 Å². The second kappa shape index (κ2) is 3.90. The highest BCUT2D eigenvalue weighted by Crippen LogP contribution is 2.20. The maximum absolute atomic E-state index is 12.6. The molecular weight excluding hydrogens is 181 g/mol. The van der Waals surface area contributed by atoms with E-state index in [1.165, 1.54) is 18.3 Å². The fourth-order valence-corrected chi connectivity index (χ4v) is 1.56. The molecule has 0 N–H and O–H groups in total. The van der Waals surface area contributed by atoms with Gasteiger partial charge < -0.3 is 4.90 Å². The molecule has 1 aromatic heterocycles. The van der Waals surface area contributed by atoms with E-state index in [4.69, 9.17) is 0 Å². The van der Waals surface area contributed by atoms with Crippen molar-refractivity contribution in [2.45, 2.75) is 19.8 Å². The molecule has 0 amide bonds. The SMILES string of the molecule is C[C]1CCN(c2ncc(F)cn2)CC1. The fourth-order valence-electron chi connectivity index (χ4n) is 1.56. The Hall–Kier alpha value is -1.19. The summed E-state index contributed by atoms with van der Waals surface area (Å²) in [4.78, 5) is 10.0. The zero-order chi connectivity index (χ0) is 9.97. The van der Waals surface area contributed by atoms with Crippen LogP contribution in [0.5, 0.6) is 0 Å². The number of hydrogen-bond acceptors (Lipinski definition) is 3. The van der Waals surface area contributed by atoms with E-state index in [2.05, 4.69) is 21.8 Å². The normalized spacial score (nSPS) is 18.6. The van der Waals surface area contributed by atoms with Gasteiger partial charge in [-0.25, -0.2) is 14.4 Å². The largest absolute Gasteiger partial charge is 0.341 e. The topological polar surface area (TPSA) is 29.0 Å². The fraction of sp³-hybridized carbons (Fsp3) is 0.500. The first-order valence-corrected chi connectivity index (χ1v) is 4.79. The summed E-state index contributed by atoms with van der Waals surface area (Å²) in [6, 6.07) is 0. The minimum Gasteiger partial charge on any atom is -0.341 e. The van der Waals surface area contributed by atoms with Crippen LogP contribution in [-0.4, -0.2) is 23.1 Å². The molecule has 1 aromatic rings. The molecule has 0 aliphatic carbocycles. The van der Waals surface area contributed by atoms with Gasteiger partial charge in [0.2, 0.25) is 5.95 Å². The van der Waals surface area contributed by atoms with Crippen LogP contribution in [0.2, 0.25) is 0 Å². The molecule has 0 unspecified atom stereocenters. The maximum atomic E-state index is 12.6. The first-order valence-electron chi connectivity index (χ1n) is 4.79. The van der Waals surface area contributed by atoms with Crippen LogP contribution in [0.1, 0.15) is 19.8 Å². The van der Waals surface area contributed by atoms with E-state index in [-0.39, 0.29) is 5.82 Å². The van der Waals surface area contributed by atoms with Gasteiger partial charge in [0.25, 0.3) is 0 Å². The molecule has 1 aliphatic heterocycles. The lowest BCUT2D eigenvalue weighted by Gasteiger charge is -2.29. The molecule has 2 rings (SSSR count). The lowest BCUT2D eigenvalue weighted by atomic mass is 10.00. The first kappa shape index (κ1) is 9.37. The lowest BCUT2D eigenvalue weighted by Crippen LogP contribution is -2.33. The van der Waals surface area contributed by atoms with Gasteiger partial charge in [0, 0.05) is 13.1 Å². The van der Waals surface area contributed by atoms with Crippen LogP contribution in [0.25, 0.3) is 0 Å². The standard InChI is InChI=1S/C10H13FN3/c1-8-2-4-14(5-3-8)10-12-6-9(11)7-13-10/h6-7H,2-5H2,1H3. The van der Waals surface area contributed by atoms with Crippen LogP contribution in [0, 0.1) is 11.7 Å². The molecule has 1 aliphatic rings. The van der Waals surface area contributed by atoms with Crippen LogP contribution in [0.4, 0.5) is 10.3 Å². The van der Waals surface area contributed by atoms with Crippen molar-refractivity contribution < 1.29 is 4.39 Å². The quantitative estimate of drug-likeness (QED) is 0.682. The van der Waals surface area contributed by atoms with E-state index in [1.54, 1.807) is 0 Å². The molecule has 0 atom stereocenters. The van der Waals surface area contributed by atoms with E-state index in [0.717, 1.165) is 25.9 Å². The van der Waals surface area contributed by atoms with Crippen LogP contribution in [0.15, 0.2) is 12.4 Å². The smallest absolute Gasteiger partial charge is 0.225 e. The molecule has 2 heterocycles. The third kappa shape index (κ3) is 2.00. The number of halogens is 1. The Morgan fingerprint density at radius 1 is 1.21 bits per heavy atom. The third-order valence-corrected chi connectivity index (χ3v) is 2.51. The number of hydrogen-bond donors (Lipinski definition) is 0. The van der Waals surface area contributed by atoms with Crippen molar-refractivity contribution in [1.82, 2.24) is 9.97 Å². The van der Waals surface area contributed by atoms with Crippen LogP contribution < -0.4 is 4.90 Å². The maximum Gasteiger partial charge on any atom is 0.225 e. The van der Waals surface area contributed by atoms with E-state index in [9.17, 15) is 4.39 Å². The summed E-state index contributed by atoms with van der Waals surface area (Å²) in [5.74, 6) is 1.77. The number of anilines is 1. The Balaban J connectivity index is 2.05. The highest BCUT2D eigenvalue weighted by molar-refractivity contribution is 5.30. The average Bonchev–Trinajstić information content (AvgIpc) is 2.21. The Kier molecular flexibility index (Phi) is 2.61.